The lowest BCUT2D eigenvalue weighted by Crippen LogP contribution is -2.09. The van der Waals surface area contributed by atoms with Crippen molar-refractivity contribution in [2.75, 3.05) is 6.61 Å². The van der Waals surface area contributed by atoms with Gasteiger partial charge in [-0.2, -0.15) is 0 Å². The Hall–Kier alpha value is -1.46. The van der Waals surface area contributed by atoms with Gasteiger partial charge in [-0.3, -0.25) is 4.40 Å². The number of aromatic nitrogens is 3. The molecule has 5 nitrogen and oxygen atoms in total. The van der Waals surface area contributed by atoms with E-state index in [1.807, 2.05) is 22.6 Å². The molecule has 1 fully saturated rings. The van der Waals surface area contributed by atoms with Gasteiger partial charge in [0.15, 0.2) is 11.5 Å². The maximum absolute atomic E-state index is 5.73. The van der Waals surface area contributed by atoms with Crippen molar-refractivity contribution in [2.24, 2.45) is 5.73 Å². The zero-order valence-corrected chi connectivity index (χ0v) is 8.97. The van der Waals surface area contributed by atoms with Gasteiger partial charge in [0.2, 0.25) is 0 Å². The van der Waals surface area contributed by atoms with Crippen LogP contribution in [-0.2, 0) is 11.3 Å². The minimum Gasteiger partial charge on any atom is -0.370 e. The summed E-state index contributed by atoms with van der Waals surface area (Å²) >= 11 is 0. The van der Waals surface area contributed by atoms with Crippen molar-refractivity contribution in [1.82, 2.24) is 14.6 Å². The first-order chi connectivity index (χ1) is 7.90. The number of hydrogen-bond acceptors (Lipinski definition) is 4. The molecule has 1 saturated heterocycles. The lowest BCUT2D eigenvalue weighted by atomic mass is 10.2. The predicted molar refractivity (Wildman–Crippen MR) is 58.8 cm³/mol. The van der Waals surface area contributed by atoms with E-state index in [2.05, 4.69) is 10.2 Å². The molecule has 0 bridgehead atoms. The summed E-state index contributed by atoms with van der Waals surface area (Å²) in [6.07, 6.45) is 2.17. The van der Waals surface area contributed by atoms with Crippen LogP contribution in [0.2, 0.25) is 0 Å². The first-order valence-electron chi connectivity index (χ1n) is 5.55. The van der Waals surface area contributed by atoms with Crippen LogP contribution in [0.5, 0.6) is 0 Å². The number of ether oxygens (including phenoxy) is 1. The van der Waals surface area contributed by atoms with Crippen molar-refractivity contribution >= 4 is 5.65 Å². The SMILES string of the molecule is NCc1cccc2nnc(C3CCCO3)n12. The molecule has 2 N–H and O–H groups in total. The third-order valence-corrected chi connectivity index (χ3v) is 2.96. The molecule has 1 unspecified atom stereocenters. The zero-order chi connectivity index (χ0) is 11.0. The summed E-state index contributed by atoms with van der Waals surface area (Å²) in [5.41, 5.74) is 7.59. The lowest BCUT2D eigenvalue weighted by Gasteiger charge is -2.09. The average Bonchev–Trinajstić information content (AvgIpc) is 2.96. The number of nitrogens with two attached hydrogens (primary N) is 1. The van der Waals surface area contributed by atoms with Crippen LogP contribution in [0.15, 0.2) is 18.2 Å². The van der Waals surface area contributed by atoms with E-state index < -0.39 is 0 Å². The van der Waals surface area contributed by atoms with E-state index in [1.165, 1.54) is 0 Å². The number of fused-ring (bicyclic) bond motifs is 1. The van der Waals surface area contributed by atoms with Gasteiger partial charge in [0.25, 0.3) is 0 Å². The number of nitrogens with zero attached hydrogens (tertiary/aromatic N) is 3. The van der Waals surface area contributed by atoms with Crippen LogP contribution >= 0.6 is 0 Å². The Labute approximate surface area is 93.2 Å². The van der Waals surface area contributed by atoms with E-state index >= 15 is 0 Å². The van der Waals surface area contributed by atoms with Gasteiger partial charge >= 0.3 is 0 Å². The fourth-order valence-electron chi connectivity index (χ4n) is 2.18. The summed E-state index contributed by atoms with van der Waals surface area (Å²) in [5.74, 6) is 0.883. The topological polar surface area (TPSA) is 65.4 Å². The van der Waals surface area contributed by atoms with Crippen molar-refractivity contribution in [1.29, 1.82) is 0 Å². The molecule has 1 atom stereocenters. The summed E-state index contributed by atoms with van der Waals surface area (Å²) in [6.45, 7) is 1.29. The number of pyridine rings is 1. The maximum Gasteiger partial charge on any atom is 0.166 e. The van der Waals surface area contributed by atoms with E-state index in [1.54, 1.807) is 0 Å². The summed E-state index contributed by atoms with van der Waals surface area (Å²) < 4.78 is 7.65. The van der Waals surface area contributed by atoms with E-state index in [9.17, 15) is 0 Å². The van der Waals surface area contributed by atoms with E-state index in [4.69, 9.17) is 10.5 Å². The van der Waals surface area contributed by atoms with Gasteiger partial charge in [-0.25, -0.2) is 0 Å². The third-order valence-electron chi connectivity index (χ3n) is 2.96. The lowest BCUT2D eigenvalue weighted by molar-refractivity contribution is 0.104. The standard InChI is InChI=1S/C11H14N4O/c12-7-8-3-1-5-10-13-14-11(15(8)10)9-4-2-6-16-9/h1,3,5,9H,2,4,6-7,12H2. The Morgan fingerprint density at radius 3 is 3.12 bits per heavy atom. The Morgan fingerprint density at radius 1 is 1.44 bits per heavy atom. The molecule has 3 heterocycles. The second-order valence-electron chi connectivity index (χ2n) is 3.97. The van der Waals surface area contributed by atoms with Gasteiger partial charge in [0.05, 0.1) is 0 Å². The molecule has 5 heteroatoms. The van der Waals surface area contributed by atoms with Gasteiger partial charge in [0, 0.05) is 18.8 Å². The highest BCUT2D eigenvalue weighted by Crippen LogP contribution is 2.27. The minimum atomic E-state index is 0.0719. The van der Waals surface area contributed by atoms with Crippen LogP contribution in [0, 0.1) is 0 Å². The van der Waals surface area contributed by atoms with Gasteiger partial charge in [-0.15, -0.1) is 10.2 Å². The van der Waals surface area contributed by atoms with Crippen LogP contribution in [0.3, 0.4) is 0 Å². The molecule has 0 amide bonds. The summed E-state index contributed by atoms with van der Waals surface area (Å²) in [4.78, 5) is 0. The van der Waals surface area contributed by atoms with Gasteiger partial charge < -0.3 is 10.5 Å². The quantitative estimate of drug-likeness (QED) is 0.818. The predicted octanol–water partition coefficient (Wildman–Crippen LogP) is 1.04. The van der Waals surface area contributed by atoms with Crippen LogP contribution in [0.4, 0.5) is 0 Å². The smallest absolute Gasteiger partial charge is 0.166 e. The van der Waals surface area contributed by atoms with Crippen molar-refractivity contribution in [3.8, 4) is 0 Å². The van der Waals surface area contributed by atoms with Crippen LogP contribution in [0.1, 0.15) is 30.5 Å². The Morgan fingerprint density at radius 2 is 2.38 bits per heavy atom. The molecule has 0 aromatic carbocycles. The number of rotatable bonds is 2. The highest BCUT2D eigenvalue weighted by Gasteiger charge is 2.23. The zero-order valence-electron chi connectivity index (χ0n) is 8.97. The molecular formula is C11H14N4O. The molecule has 16 heavy (non-hydrogen) atoms. The first kappa shape index (κ1) is 9.74. The second kappa shape index (κ2) is 3.84. The van der Waals surface area contributed by atoms with Crippen LogP contribution in [-0.4, -0.2) is 21.2 Å². The Bertz CT molecular complexity index is 502. The molecule has 2 aromatic rings. The molecule has 0 radical (unpaired) electrons. The largest absolute Gasteiger partial charge is 0.370 e. The van der Waals surface area contributed by atoms with E-state index in [0.29, 0.717) is 6.54 Å². The van der Waals surface area contributed by atoms with Crippen molar-refractivity contribution in [3.63, 3.8) is 0 Å². The monoisotopic (exact) mass is 218 g/mol. The normalized spacial score (nSPS) is 20.7. The first-order valence-corrected chi connectivity index (χ1v) is 5.55. The van der Waals surface area contributed by atoms with Gasteiger partial charge in [0.1, 0.15) is 6.10 Å². The molecule has 1 aliphatic heterocycles. The molecule has 0 aliphatic carbocycles. The maximum atomic E-state index is 5.73. The highest BCUT2D eigenvalue weighted by atomic mass is 16.5. The highest BCUT2D eigenvalue weighted by molar-refractivity contribution is 5.40. The Balaban J connectivity index is 2.16. The van der Waals surface area contributed by atoms with Crippen molar-refractivity contribution < 1.29 is 4.74 Å². The summed E-state index contributed by atoms with van der Waals surface area (Å²) in [6, 6.07) is 5.88. The summed E-state index contributed by atoms with van der Waals surface area (Å²) in [7, 11) is 0. The minimum absolute atomic E-state index is 0.0719. The Kier molecular flexibility index (Phi) is 2.34. The average molecular weight is 218 g/mol. The molecule has 2 aromatic heterocycles. The van der Waals surface area contributed by atoms with Crippen molar-refractivity contribution in [2.45, 2.75) is 25.5 Å². The van der Waals surface area contributed by atoms with Gasteiger partial charge in [-0.05, 0) is 25.0 Å². The molecule has 1 aliphatic rings. The number of hydrogen-bond donors (Lipinski definition) is 1. The van der Waals surface area contributed by atoms with E-state index in [0.717, 1.165) is 36.6 Å². The van der Waals surface area contributed by atoms with Crippen molar-refractivity contribution in [3.05, 3.63) is 29.7 Å². The van der Waals surface area contributed by atoms with E-state index in [-0.39, 0.29) is 6.10 Å². The fraction of sp³-hybridized carbons (Fsp3) is 0.455. The molecule has 0 saturated carbocycles. The molecule has 3 rings (SSSR count). The molecule has 84 valence electrons. The summed E-state index contributed by atoms with van der Waals surface area (Å²) in [5, 5.41) is 8.37. The third kappa shape index (κ3) is 1.40. The van der Waals surface area contributed by atoms with Crippen LogP contribution < -0.4 is 5.73 Å². The second-order valence-corrected chi connectivity index (χ2v) is 3.97. The fourth-order valence-corrected chi connectivity index (χ4v) is 2.18. The van der Waals surface area contributed by atoms with Crippen LogP contribution in [0.25, 0.3) is 5.65 Å². The molecule has 0 spiro atoms. The van der Waals surface area contributed by atoms with Gasteiger partial charge in [-0.1, -0.05) is 6.07 Å². The molecular weight excluding hydrogens is 204 g/mol.